The normalized spacial score (nSPS) is 27.4. The Morgan fingerprint density at radius 2 is 1.57 bits per heavy atom. The van der Waals surface area contributed by atoms with E-state index in [4.69, 9.17) is 4.74 Å². The SMILES string of the molecule is O=C(NC1CC2CC2(C(=O)NC2(C(=O)O)CCCC2)C1)OCC1c2ccccc2-c2ccccc21. The lowest BCUT2D eigenvalue weighted by atomic mass is 9.94. The van der Waals surface area contributed by atoms with Crippen LogP contribution in [0.15, 0.2) is 48.5 Å². The van der Waals surface area contributed by atoms with Gasteiger partial charge in [0.2, 0.25) is 5.91 Å². The van der Waals surface area contributed by atoms with Crippen LogP contribution in [0.3, 0.4) is 0 Å². The van der Waals surface area contributed by atoms with Crippen LogP contribution in [0, 0.1) is 11.3 Å². The predicted molar refractivity (Wildman–Crippen MR) is 129 cm³/mol. The highest BCUT2D eigenvalue weighted by Crippen LogP contribution is 2.64. The van der Waals surface area contributed by atoms with E-state index in [0.717, 1.165) is 25.7 Å². The van der Waals surface area contributed by atoms with Crippen molar-refractivity contribution in [1.29, 1.82) is 0 Å². The van der Waals surface area contributed by atoms with Crippen molar-refractivity contribution in [3.05, 3.63) is 59.7 Å². The number of hydrogen-bond donors (Lipinski definition) is 3. The fourth-order valence-electron chi connectivity index (χ4n) is 6.81. The number of benzene rings is 2. The minimum atomic E-state index is -1.13. The van der Waals surface area contributed by atoms with E-state index in [2.05, 4.69) is 34.9 Å². The topological polar surface area (TPSA) is 105 Å². The Hall–Kier alpha value is -3.35. The van der Waals surface area contributed by atoms with Crippen LogP contribution >= 0.6 is 0 Å². The number of rotatable bonds is 6. The fourth-order valence-corrected chi connectivity index (χ4v) is 6.81. The molecule has 7 heteroatoms. The van der Waals surface area contributed by atoms with E-state index in [9.17, 15) is 19.5 Å². The van der Waals surface area contributed by atoms with Crippen molar-refractivity contribution in [2.45, 2.75) is 62.4 Å². The maximum Gasteiger partial charge on any atom is 0.407 e. The largest absolute Gasteiger partial charge is 0.480 e. The molecule has 0 saturated heterocycles. The van der Waals surface area contributed by atoms with Gasteiger partial charge in [0.25, 0.3) is 0 Å². The van der Waals surface area contributed by atoms with Crippen molar-refractivity contribution >= 4 is 18.0 Å². The smallest absolute Gasteiger partial charge is 0.407 e. The van der Waals surface area contributed by atoms with Gasteiger partial charge in [0.15, 0.2) is 0 Å². The number of amides is 2. The number of nitrogens with one attached hydrogen (secondary N) is 2. The molecule has 35 heavy (non-hydrogen) atoms. The van der Waals surface area contributed by atoms with E-state index < -0.39 is 23.0 Å². The van der Waals surface area contributed by atoms with E-state index in [-0.39, 0.29) is 30.4 Å². The molecule has 4 aliphatic rings. The number of carboxylic acids is 1. The fraction of sp³-hybridized carbons (Fsp3) is 0.464. The molecule has 0 aromatic heterocycles. The van der Waals surface area contributed by atoms with Crippen LogP contribution in [-0.4, -0.2) is 41.3 Å². The molecular weight excluding hydrogens is 444 g/mol. The third-order valence-electron chi connectivity index (χ3n) is 8.75. The van der Waals surface area contributed by atoms with Crippen LogP contribution < -0.4 is 10.6 Å². The number of carboxylic acid groups (broad SMARTS) is 1. The second kappa shape index (κ2) is 8.11. The van der Waals surface area contributed by atoms with Crippen molar-refractivity contribution in [3.8, 4) is 11.1 Å². The minimum Gasteiger partial charge on any atom is -0.480 e. The van der Waals surface area contributed by atoms with Gasteiger partial charge >= 0.3 is 12.1 Å². The third-order valence-corrected chi connectivity index (χ3v) is 8.75. The summed E-state index contributed by atoms with van der Waals surface area (Å²) in [6.07, 6.45) is 4.14. The molecule has 0 heterocycles. The summed E-state index contributed by atoms with van der Waals surface area (Å²) in [5.41, 5.74) is 3.02. The number of carbonyl (C=O) groups is 3. The molecule has 3 N–H and O–H groups in total. The van der Waals surface area contributed by atoms with Crippen LogP contribution in [0.2, 0.25) is 0 Å². The molecule has 3 saturated carbocycles. The summed E-state index contributed by atoms with van der Waals surface area (Å²) in [4.78, 5) is 37.7. The Labute approximate surface area is 204 Å². The lowest BCUT2D eigenvalue weighted by molar-refractivity contribution is -0.148. The van der Waals surface area contributed by atoms with E-state index >= 15 is 0 Å². The van der Waals surface area contributed by atoms with Gasteiger partial charge in [-0.15, -0.1) is 0 Å². The molecule has 3 fully saturated rings. The Morgan fingerprint density at radius 1 is 0.943 bits per heavy atom. The molecule has 4 aliphatic carbocycles. The van der Waals surface area contributed by atoms with Gasteiger partial charge in [-0.2, -0.15) is 0 Å². The second-order valence-electron chi connectivity index (χ2n) is 10.7. The van der Waals surface area contributed by atoms with E-state index in [1.165, 1.54) is 22.3 Å². The highest BCUT2D eigenvalue weighted by molar-refractivity contribution is 5.92. The summed E-state index contributed by atoms with van der Waals surface area (Å²) >= 11 is 0. The Bertz CT molecular complexity index is 1160. The van der Waals surface area contributed by atoms with Gasteiger partial charge in [-0.25, -0.2) is 9.59 Å². The molecule has 2 aromatic carbocycles. The first-order chi connectivity index (χ1) is 16.9. The van der Waals surface area contributed by atoms with E-state index in [1.54, 1.807) is 0 Å². The van der Waals surface area contributed by atoms with Gasteiger partial charge < -0.3 is 20.5 Å². The zero-order valence-corrected chi connectivity index (χ0v) is 19.6. The summed E-state index contributed by atoms with van der Waals surface area (Å²) in [7, 11) is 0. The average Bonchev–Trinajstić information content (AvgIpc) is 3.18. The number of ether oxygens (including phenoxy) is 1. The molecule has 6 rings (SSSR count). The lowest BCUT2D eigenvalue weighted by Gasteiger charge is -2.28. The summed E-state index contributed by atoms with van der Waals surface area (Å²) in [5.74, 6) is -0.915. The summed E-state index contributed by atoms with van der Waals surface area (Å²) in [6.45, 7) is 0.253. The molecule has 0 aliphatic heterocycles. The quantitative estimate of drug-likeness (QED) is 0.582. The molecule has 3 atom stereocenters. The van der Waals surface area contributed by atoms with Crippen LogP contribution in [-0.2, 0) is 14.3 Å². The highest BCUT2D eigenvalue weighted by atomic mass is 16.5. The molecule has 3 unspecified atom stereocenters. The Morgan fingerprint density at radius 3 is 2.20 bits per heavy atom. The first kappa shape index (κ1) is 22.1. The number of alkyl carbamates (subject to hydrolysis) is 1. The number of hydrogen-bond acceptors (Lipinski definition) is 4. The van der Waals surface area contributed by atoms with Gasteiger partial charge in [-0.05, 0) is 60.3 Å². The molecule has 182 valence electrons. The zero-order valence-electron chi connectivity index (χ0n) is 19.6. The average molecular weight is 475 g/mol. The van der Waals surface area contributed by atoms with Gasteiger partial charge in [-0.3, -0.25) is 4.79 Å². The Kier molecular flexibility index (Phi) is 5.13. The second-order valence-corrected chi connectivity index (χ2v) is 10.7. The number of fused-ring (bicyclic) bond motifs is 4. The van der Waals surface area contributed by atoms with Crippen molar-refractivity contribution in [1.82, 2.24) is 10.6 Å². The number of carbonyl (C=O) groups excluding carboxylic acids is 2. The summed E-state index contributed by atoms with van der Waals surface area (Å²) in [6, 6.07) is 16.3. The minimum absolute atomic E-state index is 0.000806. The first-order valence-electron chi connectivity index (χ1n) is 12.6. The summed E-state index contributed by atoms with van der Waals surface area (Å²) < 4.78 is 5.67. The predicted octanol–water partition coefficient (Wildman–Crippen LogP) is 4.21. The zero-order chi connectivity index (χ0) is 24.2. The van der Waals surface area contributed by atoms with Gasteiger partial charge in [0.1, 0.15) is 12.1 Å². The van der Waals surface area contributed by atoms with Gasteiger partial charge in [0.05, 0.1) is 5.41 Å². The summed E-state index contributed by atoms with van der Waals surface area (Å²) in [5, 5.41) is 15.6. The molecule has 7 nitrogen and oxygen atoms in total. The van der Waals surface area contributed by atoms with Crippen LogP contribution in [0.25, 0.3) is 11.1 Å². The standard InChI is InChI=1S/C28H30N2O5/c31-24(30-28(25(32)33)11-5-6-12-28)27-14-17(27)13-18(15-27)29-26(34)35-16-23-21-9-3-1-7-19(21)20-8-2-4-10-22(20)23/h1-4,7-10,17-18,23H,5-6,11-16H2,(H,29,34)(H,30,31)(H,32,33). The maximum absolute atomic E-state index is 13.1. The van der Waals surface area contributed by atoms with Crippen LogP contribution in [0.1, 0.15) is 62.0 Å². The lowest BCUT2D eigenvalue weighted by Crippen LogP contribution is -2.54. The van der Waals surface area contributed by atoms with Crippen molar-refractivity contribution in [3.63, 3.8) is 0 Å². The molecule has 0 radical (unpaired) electrons. The first-order valence-corrected chi connectivity index (χ1v) is 12.6. The van der Waals surface area contributed by atoms with E-state index in [0.29, 0.717) is 19.3 Å². The highest BCUT2D eigenvalue weighted by Gasteiger charge is 2.66. The number of aliphatic carboxylic acids is 1. The molecular formula is C28H30N2O5. The van der Waals surface area contributed by atoms with Crippen molar-refractivity contribution < 1.29 is 24.2 Å². The maximum atomic E-state index is 13.1. The van der Waals surface area contributed by atoms with Crippen molar-refractivity contribution in [2.75, 3.05) is 6.61 Å². The monoisotopic (exact) mass is 474 g/mol. The van der Waals surface area contributed by atoms with Crippen molar-refractivity contribution in [2.24, 2.45) is 11.3 Å². The van der Waals surface area contributed by atoms with Crippen LogP contribution in [0.5, 0.6) is 0 Å². The van der Waals surface area contributed by atoms with E-state index in [1.807, 2.05) is 24.3 Å². The van der Waals surface area contributed by atoms with Gasteiger partial charge in [0, 0.05) is 12.0 Å². The molecule has 2 aromatic rings. The Balaban J connectivity index is 1.06. The molecule has 2 amide bonds. The molecule has 0 spiro atoms. The van der Waals surface area contributed by atoms with Gasteiger partial charge in [-0.1, -0.05) is 61.4 Å². The van der Waals surface area contributed by atoms with Crippen LogP contribution in [0.4, 0.5) is 4.79 Å². The molecule has 0 bridgehead atoms. The third kappa shape index (κ3) is 3.60.